The summed E-state index contributed by atoms with van der Waals surface area (Å²) in [5.41, 5.74) is 3.94. The van der Waals surface area contributed by atoms with Gasteiger partial charge in [0.25, 0.3) is 0 Å². The number of carbonyl (C=O) groups excluding carboxylic acids is 1. The highest BCUT2D eigenvalue weighted by atomic mass is 32.1. The molecule has 3 aliphatic rings. The van der Waals surface area contributed by atoms with Crippen LogP contribution in [0.2, 0.25) is 0 Å². The number of carbonyl (C=O) groups is 1. The Morgan fingerprint density at radius 2 is 2.07 bits per heavy atom. The predicted octanol–water partition coefficient (Wildman–Crippen LogP) is 3.64. The van der Waals surface area contributed by atoms with E-state index in [1.54, 1.807) is 7.11 Å². The van der Waals surface area contributed by atoms with E-state index >= 15 is 0 Å². The van der Waals surface area contributed by atoms with Crippen molar-refractivity contribution in [2.75, 3.05) is 20.2 Å². The zero-order valence-electron chi connectivity index (χ0n) is 17.0. The summed E-state index contributed by atoms with van der Waals surface area (Å²) in [6, 6.07) is 14.7. The molecule has 2 aromatic carbocycles. The van der Waals surface area contributed by atoms with E-state index in [4.69, 9.17) is 4.74 Å². The molecule has 0 N–H and O–H groups in total. The SMILES string of the molecule is COc1ccccc1CN1CC2CC(c3ccc4nsnc4c3)N3CCC[C@@]23C1=O. The number of hydrogen-bond acceptors (Lipinski definition) is 6. The standard InChI is InChI=1S/C23H24N4O2S/c1-29-21-6-3-2-5-16(21)13-26-14-17-12-20(27-10-4-9-23(17,27)22(26)28)15-7-8-18-19(11-15)25-30-24-18/h2-3,5-8,11,17,20H,4,9-10,12-14H2,1H3/t17?,20?,23-/m0/s1. The number of benzene rings is 2. The Labute approximate surface area is 179 Å². The number of fused-ring (bicyclic) bond motifs is 1. The third-order valence-corrected chi connectivity index (χ3v) is 7.90. The monoisotopic (exact) mass is 420 g/mol. The molecule has 1 aromatic heterocycles. The normalized spacial score (nSPS) is 28.3. The van der Waals surface area contributed by atoms with Crippen molar-refractivity contribution in [3.63, 3.8) is 0 Å². The van der Waals surface area contributed by atoms with Crippen LogP contribution in [-0.4, -0.2) is 50.2 Å². The van der Waals surface area contributed by atoms with Crippen LogP contribution in [0.4, 0.5) is 0 Å². The first-order valence-corrected chi connectivity index (χ1v) is 11.3. The topological polar surface area (TPSA) is 58.6 Å². The van der Waals surface area contributed by atoms with E-state index in [-0.39, 0.29) is 5.54 Å². The summed E-state index contributed by atoms with van der Waals surface area (Å²) in [6.07, 6.45) is 3.08. The lowest BCUT2D eigenvalue weighted by atomic mass is 9.85. The Balaban J connectivity index is 1.30. The zero-order chi connectivity index (χ0) is 20.3. The molecule has 1 spiro atoms. The summed E-state index contributed by atoms with van der Waals surface area (Å²) < 4.78 is 14.3. The van der Waals surface area contributed by atoms with E-state index in [2.05, 4.69) is 42.8 Å². The van der Waals surface area contributed by atoms with Gasteiger partial charge in [-0.2, -0.15) is 8.75 Å². The minimum Gasteiger partial charge on any atom is -0.496 e. The van der Waals surface area contributed by atoms with Gasteiger partial charge in [0, 0.05) is 30.6 Å². The average molecular weight is 421 g/mol. The molecule has 7 heteroatoms. The highest BCUT2D eigenvalue weighted by Gasteiger charge is 2.65. The molecule has 6 nitrogen and oxygen atoms in total. The number of nitrogens with zero attached hydrogens (tertiary/aromatic N) is 4. The first kappa shape index (κ1) is 18.3. The fraction of sp³-hybridized carbons (Fsp3) is 0.435. The molecule has 30 heavy (non-hydrogen) atoms. The van der Waals surface area contributed by atoms with Gasteiger partial charge in [0.05, 0.1) is 18.8 Å². The molecule has 0 bridgehead atoms. The van der Waals surface area contributed by atoms with Crippen molar-refractivity contribution in [1.82, 2.24) is 18.5 Å². The molecule has 0 aliphatic carbocycles. The average Bonchev–Trinajstić information content (AvgIpc) is 3.51. The molecule has 0 radical (unpaired) electrons. The van der Waals surface area contributed by atoms with Gasteiger partial charge < -0.3 is 9.64 Å². The van der Waals surface area contributed by atoms with Gasteiger partial charge in [0.2, 0.25) is 5.91 Å². The second-order valence-corrected chi connectivity index (χ2v) is 9.21. The summed E-state index contributed by atoms with van der Waals surface area (Å²) in [5, 5.41) is 0. The molecule has 3 fully saturated rings. The van der Waals surface area contributed by atoms with Crippen molar-refractivity contribution >= 4 is 28.7 Å². The highest BCUT2D eigenvalue weighted by molar-refractivity contribution is 7.00. The second-order valence-electron chi connectivity index (χ2n) is 8.68. The van der Waals surface area contributed by atoms with Crippen molar-refractivity contribution in [1.29, 1.82) is 0 Å². The van der Waals surface area contributed by atoms with Gasteiger partial charge in [-0.1, -0.05) is 24.3 Å². The van der Waals surface area contributed by atoms with Crippen LogP contribution >= 0.6 is 11.7 Å². The van der Waals surface area contributed by atoms with Crippen LogP contribution in [0.5, 0.6) is 5.75 Å². The van der Waals surface area contributed by atoms with Crippen LogP contribution in [0.25, 0.3) is 11.0 Å². The fourth-order valence-corrected chi connectivity index (χ4v) is 6.59. The largest absolute Gasteiger partial charge is 0.496 e. The summed E-state index contributed by atoms with van der Waals surface area (Å²) in [6.45, 7) is 2.43. The molecular weight excluding hydrogens is 396 g/mol. The van der Waals surface area contributed by atoms with E-state index in [1.165, 1.54) is 17.3 Å². The number of ether oxygens (including phenoxy) is 1. The van der Waals surface area contributed by atoms with E-state index < -0.39 is 0 Å². The molecule has 0 saturated carbocycles. The van der Waals surface area contributed by atoms with E-state index in [0.29, 0.717) is 24.4 Å². The molecule has 154 valence electrons. The van der Waals surface area contributed by atoms with E-state index in [0.717, 1.165) is 54.7 Å². The molecular formula is C23H24N4O2S. The Bertz CT molecular complexity index is 1130. The Hall–Kier alpha value is -2.51. The van der Waals surface area contributed by atoms with Crippen LogP contribution < -0.4 is 4.74 Å². The lowest BCUT2D eigenvalue weighted by Gasteiger charge is -2.33. The third kappa shape index (κ3) is 2.48. The fourth-order valence-electron chi connectivity index (χ4n) is 6.08. The third-order valence-electron chi connectivity index (χ3n) is 7.34. The Morgan fingerprint density at radius 3 is 2.97 bits per heavy atom. The maximum atomic E-state index is 13.8. The van der Waals surface area contributed by atoms with Crippen LogP contribution in [0.3, 0.4) is 0 Å². The number of methoxy groups -OCH3 is 1. The quantitative estimate of drug-likeness (QED) is 0.645. The van der Waals surface area contributed by atoms with Crippen molar-refractivity contribution in [2.45, 2.75) is 37.4 Å². The molecule has 3 aliphatic heterocycles. The maximum Gasteiger partial charge on any atom is 0.243 e. The van der Waals surface area contributed by atoms with Gasteiger partial charge in [0.1, 0.15) is 22.3 Å². The minimum atomic E-state index is -0.331. The van der Waals surface area contributed by atoms with Crippen molar-refractivity contribution < 1.29 is 9.53 Å². The molecule has 2 unspecified atom stereocenters. The number of rotatable bonds is 4. The second kappa shape index (κ2) is 6.75. The van der Waals surface area contributed by atoms with E-state index in [1.807, 2.05) is 18.2 Å². The number of amides is 1. The van der Waals surface area contributed by atoms with Gasteiger partial charge in [-0.05, 0) is 49.6 Å². The van der Waals surface area contributed by atoms with Gasteiger partial charge in [-0.15, -0.1) is 0 Å². The van der Waals surface area contributed by atoms with Gasteiger partial charge >= 0.3 is 0 Å². The molecule has 1 amide bonds. The lowest BCUT2D eigenvalue weighted by molar-refractivity contribution is -0.137. The molecule has 3 saturated heterocycles. The number of likely N-dealkylation sites (tertiary alicyclic amines) is 1. The first-order valence-electron chi connectivity index (χ1n) is 10.6. The lowest BCUT2D eigenvalue weighted by Crippen LogP contribution is -2.49. The van der Waals surface area contributed by atoms with Crippen LogP contribution in [0.1, 0.15) is 36.4 Å². The molecule has 6 rings (SSSR count). The van der Waals surface area contributed by atoms with Crippen LogP contribution in [0.15, 0.2) is 42.5 Å². The van der Waals surface area contributed by atoms with Gasteiger partial charge in [-0.25, -0.2) is 0 Å². The molecule has 4 heterocycles. The predicted molar refractivity (Wildman–Crippen MR) is 115 cm³/mol. The number of aromatic nitrogens is 2. The highest BCUT2D eigenvalue weighted by Crippen LogP contribution is 2.56. The van der Waals surface area contributed by atoms with Crippen LogP contribution in [-0.2, 0) is 11.3 Å². The van der Waals surface area contributed by atoms with Gasteiger partial charge in [0.15, 0.2) is 0 Å². The molecule has 3 atom stereocenters. The smallest absolute Gasteiger partial charge is 0.243 e. The van der Waals surface area contributed by atoms with Crippen molar-refractivity contribution in [3.05, 3.63) is 53.6 Å². The van der Waals surface area contributed by atoms with E-state index in [9.17, 15) is 4.79 Å². The Kier molecular flexibility index (Phi) is 4.11. The van der Waals surface area contributed by atoms with Gasteiger partial charge in [-0.3, -0.25) is 9.69 Å². The number of hydrogen-bond donors (Lipinski definition) is 0. The maximum absolute atomic E-state index is 13.8. The summed E-state index contributed by atoms with van der Waals surface area (Å²) in [7, 11) is 1.69. The minimum absolute atomic E-state index is 0.293. The molecule has 3 aromatic rings. The van der Waals surface area contributed by atoms with Crippen molar-refractivity contribution in [3.8, 4) is 5.75 Å². The van der Waals surface area contributed by atoms with Crippen molar-refractivity contribution in [2.24, 2.45) is 5.92 Å². The first-order chi connectivity index (χ1) is 14.7. The summed E-state index contributed by atoms with van der Waals surface area (Å²) in [4.78, 5) is 18.3. The summed E-state index contributed by atoms with van der Waals surface area (Å²) in [5.74, 6) is 1.53. The summed E-state index contributed by atoms with van der Waals surface area (Å²) >= 11 is 1.26. The van der Waals surface area contributed by atoms with Crippen LogP contribution in [0, 0.1) is 5.92 Å². The zero-order valence-corrected chi connectivity index (χ0v) is 17.8. The Morgan fingerprint density at radius 1 is 1.20 bits per heavy atom. The number of para-hydroxylation sites is 1.